The van der Waals surface area contributed by atoms with Crippen molar-refractivity contribution in [2.24, 2.45) is 0 Å². The van der Waals surface area contributed by atoms with Gasteiger partial charge in [0.15, 0.2) is 5.13 Å². The minimum Gasteiger partial charge on any atom is -0.309 e. The molecule has 0 N–H and O–H groups in total. The standard InChI is InChI=1S/C22H26ClN3OS2.ClH/c1-15-6-7-16(2)21-20(15)24-22(29-21)26(13-5-12-25(3)4)19(27)14-28-18-10-8-17(23)9-11-18;/h6-11H,5,12-14H2,1-4H3;1H. The summed E-state index contributed by atoms with van der Waals surface area (Å²) in [6, 6.07) is 11.8. The fourth-order valence-electron chi connectivity index (χ4n) is 2.99. The topological polar surface area (TPSA) is 36.4 Å². The summed E-state index contributed by atoms with van der Waals surface area (Å²) >= 11 is 9.10. The van der Waals surface area contributed by atoms with E-state index in [-0.39, 0.29) is 18.3 Å². The van der Waals surface area contributed by atoms with E-state index in [9.17, 15) is 4.79 Å². The lowest BCUT2D eigenvalue weighted by atomic mass is 10.1. The zero-order valence-electron chi connectivity index (χ0n) is 17.6. The van der Waals surface area contributed by atoms with Crippen LogP contribution in [0.3, 0.4) is 0 Å². The molecular weight excluding hydrogens is 457 g/mol. The van der Waals surface area contributed by atoms with Gasteiger partial charge in [-0.1, -0.05) is 35.1 Å². The lowest BCUT2D eigenvalue weighted by Crippen LogP contribution is -2.34. The molecule has 0 atom stereocenters. The number of thioether (sulfide) groups is 1. The zero-order valence-corrected chi connectivity index (χ0v) is 20.9. The third-order valence-corrected chi connectivity index (χ3v) is 7.09. The highest BCUT2D eigenvalue weighted by atomic mass is 35.5. The van der Waals surface area contributed by atoms with Gasteiger partial charge in [-0.05, 0) is 76.3 Å². The number of thiazole rings is 1. The van der Waals surface area contributed by atoms with Crippen LogP contribution in [0.25, 0.3) is 10.2 Å². The number of rotatable bonds is 8. The maximum Gasteiger partial charge on any atom is 0.239 e. The summed E-state index contributed by atoms with van der Waals surface area (Å²) in [5.41, 5.74) is 3.34. The highest BCUT2D eigenvalue weighted by Crippen LogP contribution is 2.33. The van der Waals surface area contributed by atoms with Crippen LogP contribution in [0.5, 0.6) is 0 Å². The fraction of sp³-hybridized carbons (Fsp3) is 0.364. The van der Waals surface area contributed by atoms with E-state index in [2.05, 4.69) is 30.9 Å². The Morgan fingerprint density at radius 2 is 1.73 bits per heavy atom. The number of hydrogen-bond donors (Lipinski definition) is 0. The Morgan fingerprint density at radius 3 is 2.37 bits per heavy atom. The average molecular weight is 485 g/mol. The van der Waals surface area contributed by atoms with Crippen molar-refractivity contribution in [2.75, 3.05) is 37.8 Å². The van der Waals surface area contributed by atoms with Gasteiger partial charge in [-0.2, -0.15) is 0 Å². The van der Waals surface area contributed by atoms with Crippen molar-refractivity contribution in [3.8, 4) is 0 Å². The van der Waals surface area contributed by atoms with Gasteiger partial charge in [0.2, 0.25) is 5.91 Å². The van der Waals surface area contributed by atoms with Crippen molar-refractivity contribution in [2.45, 2.75) is 25.2 Å². The van der Waals surface area contributed by atoms with Crippen molar-refractivity contribution in [3.05, 3.63) is 52.5 Å². The number of fused-ring (bicyclic) bond motifs is 1. The molecule has 0 saturated carbocycles. The molecule has 0 aliphatic carbocycles. The summed E-state index contributed by atoms with van der Waals surface area (Å²) in [6.45, 7) is 5.76. The van der Waals surface area contributed by atoms with Gasteiger partial charge in [0, 0.05) is 16.5 Å². The molecule has 0 aliphatic heterocycles. The third-order valence-electron chi connectivity index (χ3n) is 4.63. The van der Waals surface area contributed by atoms with E-state index >= 15 is 0 Å². The second-order valence-corrected chi connectivity index (χ2v) is 9.78. The Kier molecular flexibility index (Phi) is 9.44. The van der Waals surface area contributed by atoms with Gasteiger partial charge in [-0.3, -0.25) is 9.69 Å². The lowest BCUT2D eigenvalue weighted by molar-refractivity contribution is -0.116. The van der Waals surface area contributed by atoms with Crippen molar-refractivity contribution < 1.29 is 4.79 Å². The quantitative estimate of drug-likeness (QED) is 0.364. The average Bonchev–Trinajstić information content (AvgIpc) is 3.14. The summed E-state index contributed by atoms with van der Waals surface area (Å²) < 4.78 is 1.16. The third kappa shape index (κ3) is 6.34. The first-order valence-electron chi connectivity index (χ1n) is 9.55. The van der Waals surface area contributed by atoms with Gasteiger partial charge in [0.1, 0.15) is 0 Å². The van der Waals surface area contributed by atoms with Crippen molar-refractivity contribution in [1.82, 2.24) is 9.88 Å². The molecule has 0 unspecified atom stereocenters. The molecule has 1 amide bonds. The highest BCUT2D eigenvalue weighted by Gasteiger charge is 2.21. The molecule has 1 aromatic heterocycles. The molecule has 4 nitrogen and oxygen atoms in total. The van der Waals surface area contributed by atoms with E-state index in [0.29, 0.717) is 17.3 Å². The summed E-state index contributed by atoms with van der Waals surface area (Å²) in [7, 11) is 4.10. The molecule has 0 bridgehead atoms. The molecule has 3 rings (SSSR count). The van der Waals surface area contributed by atoms with Crippen LogP contribution >= 0.6 is 47.1 Å². The number of hydrogen-bond acceptors (Lipinski definition) is 5. The molecule has 0 saturated heterocycles. The predicted molar refractivity (Wildman–Crippen MR) is 134 cm³/mol. The molecule has 162 valence electrons. The largest absolute Gasteiger partial charge is 0.309 e. The van der Waals surface area contributed by atoms with E-state index in [1.54, 1.807) is 11.3 Å². The van der Waals surface area contributed by atoms with E-state index in [4.69, 9.17) is 16.6 Å². The molecular formula is C22H27Cl2N3OS2. The van der Waals surface area contributed by atoms with Gasteiger partial charge >= 0.3 is 0 Å². The Bertz CT molecular complexity index is 951. The minimum atomic E-state index is 0. The summed E-state index contributed by atoms with van der Waals surface area (Å²) in [6.07, 6.45) is 0.901. The molecule has 0 fully saturated rings. The van der Waals surface area contributed by atoms with E-state index in [0.717, 1.165) is 38.8 Å². The Labute approximate surface area is 198 Å². The van der Waals surface area contributed by atoms with Crippen LogP contribution in [0, 0.1) is 13.8 Å². The van der Waals surface area contributed by atoms with Crippen molar-refractivity contribution in [1.29, 1.82) is 0 Å². The predicted octanol–water partition coefficient (Wildman–Crippen LogP) is 6.07. The van der Waals surface area contributed by atoms with E-state index in [1.165, 1.54) is 17.3 Å². The van der Waals surface area contributed by atoms with Crippen LogP contribution in [-0.4, -0.2) is 48.7 Å². The normalized spacial score (nSPS) is 11.0. The zero-order chi connectivity index (χ0) is 21.0. The molecule has 3 aromatic rings. The maximum absolute atomic E-state index is 13.1. The smallest absolute Gasteiger partial charge is 0.239 e. The number of amides is 1. The minimum absolute atomic E-state index is 0. The first-order valence-corrected chi connectivity index (χ1v) is 11.7. The number of aryl methyl sites for hydroxylation is 2. The van der Waals surface area contributed by atoms with Gasteiger partial charge < -0.3 is 4.90 Å². The van der Waals surface area contributed by atoms with E-state index < -0.39 is 0 Å². The highest BCUT2D eigenvalue weighted by molar-refractivity contribution is 8.00. The number of carbonyl (C=O) groups excluding carboxylic acids is 1. The summed E-state index contributed by atoms with van der Waals surface area (Å²) in [4.78, 5) is 23.0. The second-order valence-electron chi connectivity index (χ2n) is 7.32. The van der Waals surface area contributed by atoms with E-state index in [1.807, 2.05) is 43.3 Å². The fourth-order valence-corrected chi connectivity index (χ4v) is 5.04. The second kappa shape index (κ2) is 11.3. The summed E-state index contributed by atoms with van der Waals surface area (Å²) in [5, 5.41) is 1.49. The number of benzene rings is 2. The summed E-state index contributed by atoms with van der Waals surface area (Å²) in [5.74, 6) is 0.454. The van der Waals surface area contributed by atoms with Crippen molar-refractivity contribution in [3.63, 3.8) is 0 Å². The maximum atomic E-state index is 13.1. The molecule has 0 aliphatic rings. The first-order chi connectivity index (χ1) is 13.8. The molecule has 8 heteroatoms. The van der Waals surface area contributed by atoms with Crippen molar-refractivity contribution >= 4 is 68.4 Å². The number of carbonyl (C=O) groups is 1. The SMILES string of the molecule is Cc1ccc(C)c2sc(N(CCCN(C)C)C(=O)CSc3ccc(Cl)cc3)nc12.Cl. The molecule has 1 heterocycles. The van der Waals surface area contributed by atoms with Gasteiger partial charge in [0.05, 0.1) is 16.0 Å². The molecule has 2 aromatic carbocycles. The Balaban J connectivity index is 0.00000320. The number of aromatic nitrogens is 1. The first kappa shape index (κ1) is 25.0. The number of halogens is 2. The van der Waals surface area contributed by atoms with Crippen LogP contribution in [-0.2, 0) is 4.79 Å². The van der Waals surface area contributed by atoms with Crippen LogP contribution in [0.15, 0.2) is 41.3 Å². The van der Waals surface area contributed by atoms with Crippen LogP contribution in [0.4, 0.5) is 5.13 Å². The van der Waals surface area contributed by atoms with Crippen LogP contribution < -0.4 is 4.90 Å². The van der Waals surface area contributed by atoms with Crippen LogP contribution in [0.2, 0.25) is 5.02 Å². The van der Waals surface area contributed by atoms with Gasteiger partial charge in [-0.25, -0.2) is 4.98 Å². The lowest BCUT2D eigenvalue weighted by Gasteiger charge is -2.21. The molecule has 0 spiro atoms. The van der Waals surface area contributed by atoms with Gasteiger partial charge in [0.25, 0.3) is 0 Å². The monoisotopic (exact) mass is 483 g/mol. The number of anilines is 1. The molecule has 30 heavy (non-hydrogen) atoms. The molecule has 0 radical (unpaired) electrons. The number of nitrogens with zero attached hydrogens (tertiary/aromatic N) is 3. The van der Waals surface area contributed by atoms with Crippen LogP contribution in [0.1, 0.15) is 17.5 Å². The Morgan fingerprint density at radius 1 is 1.07 bits per heavy atom. The van der Waals surface area contributed by atoms with Gasteiger partial charge in [-0.15, -0.1) is 24.2 Å². The Hall–Kier alpha value is -1.31.